The molecule has 19 heavy (non-hydrogen) atoms. The van der Waals surface area contributed by atoms with Gasteiger partial charge in [-0.15, -0.1) is 0 Å². The molecule has 1 heterocycles. The van der Waals surface area contributed by atoms with Crippen molar-refractivity contribution in [3.05, 3.63) is 0 Å². The molecule has 0 aromatic rings. The summed E-state index contributed by atoms with van der Waals surface area (Å²) in [5.41, 5.74) is 0. The fourth-order valence-electron chi connectivity index (χ4n) is 2.84. The molecule has 0 radical (unpaired) electrons. The Bertz CT molecular complexity index is 260. The third-order valence-electron chi connectivity index (χ3n) is 4.23. The molecular formula is C15H31N3O. The summed E-state index contributed by atoms with van der Waals surface area (Å²) in [5, 5.41) is 3.53. The number of nitrogens with zero attached hydrogens (tertiary/aromatic N) is 2. The number of hydrogen-bond donors (Lipinski definition) is 1. The molecule has 0 aromatic carbocycles. The predicted octanol–water partition coefficient (Wildman–Crippen LogP) is 1.56. The molecule has 0 aliphatic carbocycles. The van der Waals surface area contributed by atoms with Gasteiger partial charge in [0, 0.05) is 26.6 Å². The standard InChI is InChI=1S/C15H31N3O/c1-5-16-13(2)14-8-11-18(12-9-14)10-6-7-15(19)17(3)4/h13-14,16H,5-12H2,1-4H3. The first-order valence-electron chi connectivity index (χ1n) is 7.70. The summed E-state index contributed by atoms with van der Waals surface area (Å²) in [6.07, 6.45) is 4.25. The molecule has 1 amide bonds. The van der Waals surface area contributed by atoms with Gasteiger partial charge < -0.3 is 15.1 Å². The first kappa shape index (κ1) is 16.4. The van der Waals surface area contributed by atoms with Crippen LogP contribution in [0.2, 0.25) is 0 Å². The van der Waals surface area contributed by atoms with Crippen LogP contribution >= 0.6 is 0 Å². The van der Waals surface area contributed by atoms with E-state index in [1.807, 2.05) is 14.1 Å². The Morgan fingerprint density at radius 1 is 1.37 bits per heavy atom. The maximum Gasteiger partial charge on any atom is 0.222 e. The van der Waals surface area contributed by atoms with E-state index in [-0.39, 0.29) is 5.91 Å². The Balaban J connectivity index is 2.15. The van der Waals surface area contributed by atoms with Crippen molar-refractivity contribution < 1.29 is 4.79 Å². The van der Waals surface area contributed by atoms with Crippen LogP contribution in [0.1, 0.15) is 39.5 Å². The molecular weight excluding hydrogens is 238 g/mol. The predicted molar refractivity (Wildman–Crippen MR) is 80.2 cm³/mol. The minimum Gasteiger partial charge on any atom is -0.349 e. The van der Waals surface area contributed by atoms with Crippen molar-refractivity contribution in [2.45, 2.75) is 45.6 Å². The Labute approximate surface area is 118 Å². The number of piperidine rings is 1. The number of nitrogens with one attached hydrogen (secondary N) is 1. The van der Waals surface area contributed by atoms with E-state index < -0.39 is 0 Å². The zero-order chi connectivity index (χ0) is 14.3. The van der Waals surface area contributed by atoms with E-state index in [1.165, 1.54) is 25.9 Å². The van der Waals surface area contributed by atoms with E-state index in [1.54, 1.807) is 4.90 Å². The number of likely N-dealkylation sites (tertiary alicyclic amines) is 1. The highest BCUT2D eigenvalue weighted by molar-refractivity contribution is 5.75. The lowest BCUT2D eigenvalue weighted by Crippen LogP contribution is -2.42. The molecule has 4 heteroatoms. The van der Waals surface area contributed by atoms with Crippen LogP contribution in [-0.4, -0.2) is 62.0 Å². The molecule has 1 atom stereocenters. The fraction of sp³-hybridized carbons (Fsp3) is 0.933. The second-order valence-corrected chi connectivity index (χ2v) is 5.92. The molecule has 4 nitrogen and oxygen atoms in total. The number of carbonyl (C=O) groups excluding carboxylic acids is 1. The Hall–Kier alpha value is -0.610. The van der Waals surface area contributed by atoms with Gasteiger partial charge in [0.05, 0.1) is 0 Å². The maximum absolute atomic E-state index is 11.5. The number of hydrogen-bond acceptors (Lipinski definition) is 3. The van der Waals surface area contributed by atoms with Crippen molar-refractivity contribution in [2.75, 3.05) is 40.3 Å². The summed E-state index contributed by atoms with van der Waals surface area (Å²) >= 11 is 0. The highest BCUT2D eigenvalue weighted by atomic mass is 16.2. The highest BCUT2D eigenvalue weighted by Crippen LogP contribution is 2.20. The summed E-state index contributed by atoms with van der Waals surface area (Å²) in [6.45, 7) is 9.00. The average Bonchev–Trinajstić information content (AvgIpc) is 2.39. The topological polar surface area (TPSA) is 35.6 Å². The molecule has 1 unspecified atom stereocenters. The molecule has 0 saturated carbocycles. The van der Waals surface area contributed by atoms with Crippen LogP contribution in [0.25, 0.3) is 0 Å². The molecule has 1 aliphatic rings. The summed E-state index contributed by atoms with van der Waals surface area (Å²) in [5.74, 6) is 1.07. The van der Waals surface area contributed by atoms with E-state index in [4.69, 9.17) is 0 Å². The zero-order valence-corrected chi connectivity index (χ0v) is 13.1. The molecule has 0 bridgehead atoms. The van der Waals surface area contributed by atoms with Gasteiger partial charge >= 0.3 is 0 Å². The van der Waals surface area contributed by atoms with Gasteiger partial charge in [0.2, 0.25) is 5.91 Å². The van der Waals surface area contributed by atoms with Gasteiger partial charge in [0.25, 0.3) is 0 Å². The third kappa shape index (κ3) is 5.91. The molecule has 1 N–H and O–H groups in total. The average molecular weight is 269 g/mol. The second-order valence-electron chi connectivity index (χ2n) is 5.92. The van der Waals surface area contributed by atoms with Crippen molar-refractivity contribution in [2.24, 2.45) is 5.92 Å². The minimum atomic E-state index is 0.246. The number of amides is 1. The lowest BCUT2D eigenvalue weighted by atomic mass is 9.90. The Morgan fingerprint density at radius 2 is 2.00 bits per heavy atom. The van der Waals surface area contributed by atoms with Crippen LogP contribution in [0.5, 0.6) is 0 Å². The van der Waals surface area contributed by atoms with E-state index in [9.17, 15) is 4.79 Å². The molecule has 0 aromatic heterocycles. The first-order chi connectivity index (χ1) is 9.04. The van der Waals surface area contributed by atoms with Crippen LogP contribution < -0.4 is 5.32 Å². The molecule has 1 rings (SSSR count). The van der Waals surface area contributed by atoms with Crippen LogP contribution in [0.4, 0.5) is 0 Å². The largest absolute Gasteiger partial charge is 0.349 e. The van der Waals surface area contributed by atoms with E-state index >= 15 is 0 Å². The molecule has 1 fully saturated rings. The van der Waals surface area contributed by atoms with Crippen LogP contribution in [0.3, 0.4) is 0 Å². The number of carbonyl (C=O) groups is 1. The summed E-state index contributed by atoms with van der Waals surface area (Å²) < 4.78 is 0. The van der Waals surface area contributed by atoms with E-state index in [0.717, 1.165) is 25.4 Å². The summed E-state index contributed by atoms with van der Waals surface area (Å²) in [4.78, 5) is 15.7. The first-order valence-corrected chi connectivity index (χ1v) is 7.70. The maximum atomic E-state index is 11.5. The summed E-state index contributed by atoms with van der Waals surface area (Å²) in [6, 6.07) is 0.641. The monoisotopic (exact) mass is 269 g/mol. The normalized spacial score (nSPS) is 19.4. The van der Waals surface area contributed by atoms with Gasteiger partial charge in [-0.25, -0.2) is 0 Å². The quantitative estimate of drug-likeness (QED) is 0.762. The van der Waals surface area contributed by atoms with Crippen LogP contribution in [0, 0.1) is 5.92 Å². The van der Waals surface area contributed by atoms with Gasteiger partial charge in [-0.05, 0) is 58.3 Å². The van der Waals surface area contributed by atoms with Gasteiger partial charge in [-0.1, -0.05) is 6.92 Å². The lowest BCUT2D eigenvalue weighted by molar-refractivity contribution is -0.128. The zero-order valence-electron chi connectivity index (χ0n) is 13.1. The van der Waals surface area contributed by atoms with Gasteiger partial charge in [-0.2, -0.15) is 0 Å². The van der Waals surface area contributed by atoms with Crippen molar-refractivity contribution in [3.8, 4) is 0 Å². The van der Waals surface area contributed by atoms with Crippen molar-refractivity contribution in [3.63, 3.8) is 0 Å². The molecule has 1 saturated heterocycles. The fourth-order valence-corrected chi connectivity index (χ4v) is 2.84. The summed E-state index contributed by atoms with van der Waals surface area (Å²) in [7, 11) is 3.66. The minimum absolute atomic E-state index is 0.246. The van der Waals surface area contributed by atoms with Gasteiger partial charge in [0.15, 0.2) is 0 Å². The lowest BCUT2D eigenvalue weighted by Gasteiger charge is -2.35. The number of rotatable bonds is 7. The third-order valence-corrected chi connectivity index (χ3v) is 4.23. The van der Waals surface area contributed by atoms with Crippen molar-refractivity contribution in [1.82, 2.24) is 15.1 Å². The van der Waals surface area contributed by atoms with Crippen LogP contribution in [-0.2, 0) is 4.79 Å². The highest BCUT2D eigenvalue weighted by Gasteiger charge is 2.23. The smallest absolute Gasteiger partial charge is 0.222 e. The Kier molecular flexibility index (Phi) is 7.39. The molecule has 1 aliphatic heterocycles. The van der Waals surface area contributed by atoms with E-state index in [2.05, 4.69) is 24.1 Å². The molecule has 0 spiro atoms. The van der Waals surface area contributed by atoms with Gasteiger partial charge in [-0.3, -0.25) is 4.79 Å². The second kappa shape index (κ2) is 8.54. The van der Waals surface area contributed by atoms with Gasteiger partial charge in [0.1, 0.15) is 0 Å². The van der Waals surface area contributed by atoms with Crippen molar-refractivity contribution in [1.29, 1.82) is 0 Å². The van der Waals surface area contributed by atoms with Crippen molar-refractivity contribution >= 4 is 5.91 Å². The Morgan fingerprint density at radius 3 is 2.53 bits per heavy atom. The SMILES string of the molecule is CCNC(C)C1CCN(CCCC(=O)N(C)C)CC1. The molecule has 112 valence electrons. The van der Waals surface area contributed by atoms with Crippen LogP contribution in [0.15, 0.2) is 0 Å². The van der Waals surface area contributed by atoms with E-state index in [0.29, 0.717) is 12.5 Å².